The predicted octanol–water partition coefficient (Wildman–Crippen LogP) is 4.47. The van der Waals surface area contributed by atoms with E-state index in [0.29, 0.717) is 18.3 Å². The van der Waals surface area contributed by atoms with Crippen LogP contribution in [0.1, 0.15) is 86.0 Å². The minimum Gasteiger partial charge on any atom is -0.458 e. The molecule has 3 nitrogen and oxygen atoms in total. The summed E-state index contributed by atoms with van der Waals surface area (Å²) in [6.45, 7) is 11.0. The zero-order valence-electron chi connectivity index (χ0n) is 16.1. The van der Waals surface area contributed by atoms with E-state index in [0.717, 1.165) is 38.5 Å². The summed E-state index contributed by atoms with van der Waals surface area (Å²) in [5.74, 6) is 1.12. The van der Waals surface area contributed by atoms with Crippen molar-refractivity contribution in [2.45, 2.75) is 97.2 Å². The van der Waals surface area contributed by atoms with E-state index in [2.05, 4.69) is 34.6 Å². The zero-order chi connectivity index (χ0) is 17.6. The first-order valence-corrected chi connectivity index (χ1v) is 9.82. The number of aliphatic hydroxyl groups is 1. The molecule has 5 aliphatic carbocycles. The second-order valence-electron chi connectivity index (χ2n) is 11.6. The molecular weight excluding hydrogens is 300 g/mol. The molecule has 5 fully saturated rings. The van der Waals surface area contributed by atoms with Crippen molar-refractivity contribution in [2.24, 2.45) is 28.1 Å². The van der Waals surface area contributed by atoms with Crippen LogP contribution in [-0.2, 0) is 9.53 Å². The third kappa shape index (κ3) is 2.53. The number of rotatable bonds is 3. The third-order valence-corrected chi connectivity index (χ3v) is 7.42. The summed E-state index contributed by atoms with van der Waals surface area (Å²) in [6, 6.07) is 0. The van der Waals surface area contributed by atoms with E-state index in [1.54, 1.807) is 0 Å². The van der Waals surface area contributed by atoms with Gasteiger partial charge in [0, 0.05) is 6.42 Å². The van der Waals surface area contributed by atoms with Crippen LogP contribution >= 0.6 is 0 Å². The van der Waals surface area contributed by atoms with Crippen LogP contribution in [0.2, 0.25) is 0 Å². The third-order valence-electron chi connectivity index (χ3n) is 7.42. The van der Waals surface area contributed by atoms with Crippen molar-refractivity contribution in [1.82, 2.24) is 0 Å². The van der Waals surface area contributed by atoms with Gasteiger partial charge >= 0.3 is 5.97 Å². The Morgan fingerprint density at radius 1 is 1.08 bits per heavy atom. The van der Waals surface area contributed by atoms with Crippen molar-refractivity contribution in [3.8, 4) is 0 Å². The Morgan fingerprint density at radius 3 is 2.04 bits per heavy atom. The molecule has 5 aliphatic rings. The molecule has 0 spiro atoms. The van der Waals surface area contributed by atoms with Crippen molar-refractivity contribution in [3.05, 3.63) is 0 Å². The van der Waals surface area contributed by atoms with Gasteiger partial charge in [-0.15, -0.1) is 0 Å². The molecule has 3 unspecified atom stereocenters. The largest absolute Gasteiger partial charge is 0.458 e. The fourth-order valence-corrected chi connectivity index (χ4v) is 6.88. The van der Waals surface area contributed by atoms with Gasteiger partial charge in [-0.1, -0.05) is 34.6 Å². The molecule has 0 heterocycles. The van der Waals surface area contributed by atoms with Crippen LogP contribution in [0, 0.1) is 28.1 Å². The molecule has 0 aromatic carbocycles. The van der Waals surface area contributed by atoms with Crippen LogP contribution < -0.4 is 0 Å². The first-order valence-electron chi connectivity index (χ1n) is 9.82. The number of esters is 1. The highest BCUT2D eigenvalue weighted by Crippen LogP contribution is 2.69. The normalized spacial score (nSPS) is 48.4. The number of carbonyl (C=O) groups is 1. The van der Waals surface area contributed by atoms with E-state index >= 15 is 0 Å². The van der Waals surface area contributed by atoms with Gasteiger partial charge in [-0.2, -0.15) is 0 Å². The van der Waals surface area contributed by atoms with E-state index in [9.17, 15) is 9.90 Å². The second kappa shape index (κ2) is 4.58. The Hall–Kier alpha value is -0.570. The fraction of sp³-hybridized carbons (Fsp3) is 0.952. The Bertz CT molecular complexity index is 556. The Balaban J connectivity index is 1.56. The van der Waals surface area contributed by atoms with E-state index in [4.69, 9.17) is 4.74 Å². The SMILES string of the molecule is CC(C)(C)CC1(C(=O)OC23CC4CC(CC(O)(C4)C2)C3)CC1(C)C. The van der Waals surface area contributed by atoms with Crippen molar-refractivity contribution >= 4 is 5.97 Å². The summed E-state index contributed by atoms with van der Waals surface area (Å²) in [5, 5.41) is 10.9. The van der Waals surface area contributed by atoms with Crippen LogP contribution in [0.4, 0.5) is 0 Å². The first-order chi connectivity index (χ1) is 10.9. The van der Waals surface area contributed by atoms with E-state index < -0.39 is 5.60 Å². The summed E-state index contributed by atoms with van der Waals surface area (Å²) in [6.07, 6.45) is 7.50. The van der Waals surface area contributed by atoms with Gasteiger partial charge in [0.1, 0.15) is 5.60 Å². The van der Waals surface area contributed by atoms with Crippen LogP contribution in [0.5, 0.6) is 0 Å². The van der Waals surface area contributed by atoms with Crippen LogP contribution in [0.15, 0.2) is 0 Å². The lowest BCUT2D eigenvalue weighted by molar-refractivity contribution is -0.224. The molecule has 0 aliphatic heterocycles. The second-order valence-corrected chi connectivity index (χ2v) is 11.6. The Morgan fingerprint density at radius 2 is 1.62 bits per heavy atom. The van der Waals surface area contributed by atoms with E-state index in [1.165, 1.54) is 6.42 Å². The molecule has 5 saturated carbocycles. The van der Waals surface area contributed by atoms with Gasteiger partial charge in [0.15, 0.2) is 0 Å². The lowest BCUT2D eigenvalue weighted by atomic mass is 9.52. The lowest BCUT2D eigenvalue weighted by Crippen LogP contribution is -2.60. The highest BCUT2D eigenvalue weighted by Gasteiger charge is 2.69. The average Bonchev–Trinajstić information content (AvgIpc) is 2.85. The van der Waals surface area contributed by atoms with Gasteiger partial charge < -0.3 is 9.84 Å². The molecular formula is C21H34O3. The molecule has 5 rings (SSSR count). The topological polar surface area (TPSA) is 46.5 Å². The monoisotopic (exact) mass is 334 g/mol. The highest BCUT2D eigenvalue weighted by molar-refractivity contribution is 5.82. The van der Waals surface area contributed by atoms with Crippen molar-refractivity contribution < 1.29 is 14.6 Å². The summed E-state index contributed by atoms with van der Waals surface area (Å²) < 4.78 is 6.33. The van der Waals surface area contributed by atoms with Gasteiger partial charge in [0.05, 0.1) is 11.0 Å². The average molecular weight is 335 g/mol. The molecule has 0 saturated heterocycles. The summed E-state index contributed by atoms with van der Waals surface area (Å²) in [7, 11) is 0. The van der Waals surface area contributed by atoms with Gasteiger partial charge in [-0.25, -0.2) is 0 Å². The van der Waals surface area contributed by atoms with E-state index in [-0.39, 0.29) is 27.8 Å². The summed E-state index contributed by atoms with van der Waals surface area (Å²) in [4.78, 5) is 13.3. The van der Waals surface area contributed by atoms with Crippen molar-refractivity contribution in [3.63, 3.8) is 0 Å². The zero-order valence-corrected chi connectivity index (χ0v) is 16.1. The quantitative estimate of drug-likeness (QED) is 0.775. The fourth-order valence-electron chi connectivity index (χ4n) is 6.88. The van der Waals surface area contributed by atoms with Crippen molar-refractivity contribution in [1.29, 1.82) is 0 Å². The minimum atomic E-state index is -0.569. The van der Waals surface area contributed by atoms with Gasteiger partial charge in [-0.05, 0) is 67.6 Å². The predicted molar refractivity (Wildman–Crippen MR) is 93.4 cm³/mol. The van der Waals surface area contributed by atoms with Gasteiger partial charge in [0.2, 0.25) is 0 Å². The molecule has 0 radical (unpaired) electrons. The van der Waals surface area contributed by atoms with Crippen LogP contribution in [0.3, 0.4) is 0 Å². The summed E-state index contributed by atoms with van der Waals surface area (Å²) in [5.41, 5.74) is -1.11. The minimum absolute atomic E-state index is 0.0213. The van der Waals surface area contributed by atoms with Gasteiger partial charge in [-0.3, -0.25) is 4.79 Å². The number of carbonyl (C=O) groups excluding carboxylic acids is 1. The Labute approximate surface area is 146 Å². The highest BCUT2D eigenvalue weighted by atomic mass is 16.6. The molecule has 1 N–H and O–H groups in total. The molecule has 3 heteroatoms. The molecule has 0 aromatic heterocycles. The van der Waals surface area contributed by atoms with E-state index in [1.807, 2.05) is 0 Å². The number of hydrogen-bond donors (Lipinski definition) is 1. The smallest absolute Gasteiger partial charge is 0.313 e. The molecule has 0 aromatic rings. The standard InChI is InChI=1S/C21H34O3/c1-17(2,3)11-21(12-18(21,4)5)16(22)24-20-9-14-6-15(10-20)8-19(23,7-14)13-20/h14-15,23H,6-13H2,1-5H3. The molecule has 24 heavy (non-hydrogen) atoms. The molecule has 136 valence electrons. The number of hydrogen-bond acceptors (Lipinski definition) is 3. The maximum atomic E-state index is 13.3. The van der Waals surface area contributed by atoms with Crippen LogP contribution in [0.25, 0.3) is 0 Å². The van der Waals surface area contributed by atoms with Crippen LogP contribution in [-0.4, -0.2) is 22.3 Å². The lowest BCUT2D eigenvalue weighted by Gasteiger charge is -2.59. The molecule has 0 amide bonds. The summed E-state index contributed by atoms with van der Waals surface area (Å²) >= 11 is 0. The maximum absolute atomic E-state index is 13.3. The Kier molecular flexibility index (Phi) is 3.22. The number of ether oxygens (including phenoxy) is 1. The van der Waals surface area contributed by atoms with Gasteiger partial charge in [0.25, 0.3) is 0 Å². The molecule has 3 atom stereocenters. The molecule has 4 bridgehead atoms. The maximum Gasteiger partial charge on any atom is 0.313 e. The first kappa shape index (κ1) is 16.9. The van der Waals surface area contributed by atoms with Crippen molar-refractivity contribution in [2.75, 3.05) is 0 Å².